The molecule has 1 unspecified atom stereocenters. The maximum absolute atomic E-state index is 12.3. The molecule has 0 fully saturated rings. The minimum absolute atomic E-state index is 0.0305. The molecule has 0 radical (unpaired) electrons. The molecule has 5 heteroatoms. The molecule has 0 saturated carbocycles. The van der Waals surface area contributed by atoms with Crippen LogP contribution in [0.1, 0.15) is 57.8 Å². The van der Waals surface area contributed by atoms with Crippen LogP contribution in [0.2, 0.25) is 0 Å². The molecule has 0 saturated heterocycles. The van der Waals surface area contributed by atoms with Crippen molar-refractivity contribution in [2.75, 3.05) is 6.61 Å². The van der Waals surface area contributed by atoms with E-state index in [1.807, 2.05) is 33.8 Å². The first-order chi connectivity index (χ1) is 9.79. The Morgan fingerprint density at radius 3 is 2.38 bits per heavy atom. The third-order valence-corrected chi connectivity index (χ3v) is 3.15. The number of rotatable bonds is 5. The van der Waals surface area contributed by atoms with E-state index < -0.39 is 17.6 Å². The standard InChI is InChI=1S/C16H22N2O3/c1-10(2)9-21-16(20)12(5)18-14(11(3)4)7-6-13(8-17)15(18)19/h6-7,10-12H,9H2,1-5H3. The van der Waals surface area contributed by atoms with Gasteiger partial charge in [0.25, 0.3) is 5.56 Å². The van der Waals surface area contributed by atoms with E-state index in [1.165, 1.54) is 10.6 Å². The first-order valence-corrected chi connectivity index (χ1v) is 7.11. The van der Waals surface area contributed by atoms with E-state index in [1.54, 1.807) is 13.0 Å². The summed E-state index contributed by atoms with van der Waals surface area (Å²) in [5.41, 5.74) is 0.300. The maximum Gasteiger partial charge on any atom is 0.328 e. The highest BCUT2D eigenvalue weighted by Crippen LogP contribution is 2.18. The molecule has 0 N–H and O–H groups in total. The zero-order chi connectivity index (χ0) is 16.2. The van der Waals surface area contributed by atoms with Crippen LogP contribution in [-0.2, 0) is 9.53 Å². The van der Waals surface area contributed by atoms with Crippen molar-refractivity contribution in [3.8, 4) is 6.07 Å². The second-order valence-electron chi connectivity index (χ2n) is 5.81. The van der Waals surface area contributed by atoms with Gasteiger partial charge in [0, 0.05) is 5.69 Å². The Morgan fingerprint density at radius 1 is 1.29 bits per heavy atom. The van der Waals surface area contributed by atoms with Crippen LogP contribution < -0.4 is 5.56 Å². The highest BCUT2D eigenvalue weighted by Gasteiger charge is 2.23. The number of nitriles is 1. The lowest BCUT2D eigenvalue weighted by atomic mass is 10.1. The minimum Gasteiger partial charge on any atom is -0.464 e. The number of pyridine rings is 1. The van der Waals surface area contributed by atoms with Crippen molar-refractivity contribution in [3.63, 3.8) is 0 Å². The molecule has 1 aromatic rings. The second-order valence-corrected chi connectivity index (χ2v) is 5.81. The first-order valence-electron chi connectivity index (χ1n) is 7.11. The molecule has 114 valence electrons. The lowest BCUT2D eigenvalue weighted by molar-refractivity contribution is -0.148. The summed E-state index contributed by atoms with van der Waals surface area (Å²) >= 11 is 0. The predicted molar refractivity (Wildman–Crippen MR) is 80.0 cm³/mol. The van der Waals surface area contributed by atoms with Gasteiger partial charge in [0.1, 0.15) is 17.7 Å². The van der Waals surface area contributed by atoms with Crippen LogP contribution in [0.25, 0.3) is 0 Å². The van der Waals surface area contributed by atoms with E-state index in [2.05, 4.69) is 0 Å². The van der Waals surface area contributed by atoms with Gasteiger partial charge in [-0.15, -0.1) is 0 Å². The van der Waals surface area contributed by atoms with E-state index in [0.717, 1.165) is 0 Å². The maximum atomic E-state index is 12.3. The third kappa shape index (κ3) is 3.94. The van der Waals surface area contributed by atoms with Gasteiger partial charge in [0.05, 0.1) is 6.61 Å². The fraction of sp³-hybridized carbons (Fsp3) is 0.562. The summed E-state index contributed by atoms with van der Waals surface area (Å²) in [6.07, 6.45) is 0. The molecule has 1 heterocycles. The minimum atomic E-state index is -0.748. The van der Waals surface area contributed by atoms with Crippen LogP contribution in [-0.4, -0.2) is 17.1 Å². The smallest absolute Gasteiger partial charge is 0.328 e. The monoisotopic (exact) mass is 290 g/mol. The number of aromatic nitrogens is 1. The average molecular weight is 290 g/mol. The zero-order valence-corrected chi connectivity index (χ0v) is 13.2. The molecule has 0 aliphatic carbocycles. The van der Waals surface area contributed by atoms with Gasteiger partial charge in [0.2, 0.25) is 0 Å². The van der Waals surface area contributed by atoms with Gasteiger partial charge in [-0.25, -0.2) is 4.79 Å². The van der Waals surface area contributed by atoms with Crippen LogP contribution in [0.3, 0.4) is 0 Å². The average Bonchev–Trinajstić information content (AvgIpc) is 2.43. The Labute approximate surface area is 125 Å². The molecule has 0 amide bonds. The van der Waals surface area contributed by atoms with Crippen LogP contribution in [0, 0.1) is 17.2 Å². The van der Waals surface area contributed by atoms with Crippen LogP contribution in [0.4, 0.5) is 0 Å². The number of hydrogen-bond donors (Lipinski definition) is 0. The normalized spacial score (nSPS) is 12.3. The van der Waals surface area contributed by atoms with Crippen molar-refractivity contribution in [2.45, 2.75) is 46.6 Å². The topological polar surface area (TPSA) is 72.1 Å². The van der Waals surface area contributed by atoms with Gasteiger partial charge < -0.3 is 4.74 Å². The van der Waals surface area contributed by atoms with E-state index in [-0.39, 0.29) is 17.4 Å². The van der Waals surface area contributed by atoms with Crippen LogP contribution in [0.5, 0.6) is 0 Å². The number of esters is 1. The van der Waals surface area contributed by atoms with Crippen molar-refractivity contribution < 1.29 is 9.53 Å². The molecule has 1 rings (SSSR count). The Hall–Kier alpha value is -2.09. The molecule has 5 nitrogen and oxygen atoms in total. The molecular formula is C16H22N2O3. The number of hydrogen-bond acceptors (Lipinski definition) is 4. The second kappa shape index (κ2) is 7.07. The van der Waals surface area contributed by atoms with Crippen molar-refractivity contribution in [3.05, 3.63) is 33.7 Å². The van der Waals surface area contributed by atoms with Gasteiger partial charge in [-0.3, -0.25) is 9.36 Å². The van der Waals surface area contributed by atoms with E-state index in [0.29, 0.717) is 12.3 Å². The van der Waals surface area contributed by atoms with Crippen LogP contribution in [0.15, 0.2) is 16.9 Å². The molecule has 21 heavy (non-hydrogen) atoms. The summed E-state index contributed by atoms with van der Waals surface area (Å²) in [4.78, 5) is 24.5. The number of ether oxygens (including phenoxy) is 1. The Bertz CT molecular complexity index is 609. The number of carbonyl (C=O) groups is 1. The molecule has 0 aliphatic rings. The highest BCUT2D eigenvalue weighted by molar-refractivity contribution is 5.74. The van der Waals surface area contributed by atoms with E-state index in [4.69, 9.17) is 10.00 Å². The van der Waals surface area contributed by atoms with Gasteiger partial charge >= 0.3 is 5.97 Å². The molecule has 0 bridgehead atoms. The van der Waals surface area contributed by atoms with Crippen molar-refractivity contribution in [1.82, 2.24) is 4.57 Å². The predicted octanol–water partition coefficient (Wildman–Crippen LogP) is 2.60. The first kappa shape index (κ1) is 17.0. The van der Waals surface area contributed by atoms with Crippen LogP contribution >= 0.6 is 0 Å². The van der Waals surface area contributed by atoms with E-state index in [9.17, 15) is 9.59 Å². The molecule has 0 aliphatic heterocycles. The lowest BCUT2D eigenvalue weighted by Gasteiger charge is -2.21. The molecule has 0 aromatic carbocycles. The summed E-state index contributed by atoms with van der Waals surface area (Å²) in [5.74, 6) is -0.165. The lowest BCUT2D eigenvalue weighted by Crippen LogP contribution is -2.33. The van der Waals surface area contributed by atoms with Gasteiger partial charge in [0.15, 0.2) is 0 Å². The summed E-state index contributed by atoms with van der Waals surface area (Å²) in [6.45, 7) is 9.69. The SMILES string of the molecule is CC(C)COC(=O)C(C)n1c(C(C)C)ccc(C#N)c1=O. The summed E-state index contributed by atoms with van der Waals surface area (Å²) < 4.78 is 6.57. The van der Waals surface area contributed by atoms with Crippen molar-refractivity contribution in [2.24, 2.45) is 5.92 Å². The molecule has 1 aromatic heterocycles. The number of nitrogens with zero attached hydrogens (tertiary/aromatic N) is 2. The number of carbonyl (C=O) groups excluding carboxylic acids is 1. The molecular weight excluding hydrogens is 268 g/mol. The zero-order valence-electron chi connectivity index (χ0n) is 13.2. The fourth-order valence-corrected chi connectivity index (χ4v) is 2.00. The highest BCUT2D eigenvalue weighted by atomic mass is 16.5. The van der Waals surface area contributed by atoms with Gasteiger partial charge in [-0.05, 0) is 30.9 Å². The van der Waals surface area contributed by atoms with Crippen molar-refractivity contribution >= 4 is 5.97 Å². The molecule has 1 atom stereocenters. The molecule has 0 spiro atoms. The van der Waals surface area contributed by atoms with Gasteiger partial charge in [-0.2, -0.15) is 5.26 Å². The Morgan fingerprint density at radius 2 is 1.90 bits per heavy atom. The van der Waals surface area contributed by atoms with Gasteiger partial charge in [-0.1, -0.05) is 27.7 Å². The Balaban J connectivity index is 3.24. The Kier molecular flexibility index (Phi) is 5.71. The largest absolute Gasteiger partial charge is 0.464 e. The third-order valence-electron chi connectivity index (χ3n) is 3.15. The summed E-state index contributed by atoms with van der Waals surface area (Å²) in [5, 5.41) is 8.99. The fourth-order valence-electron chi connectivity index (χ4n) is 2.00. The van der Waals surface area contributed by atoms with Crippen molar-refractivity contribution in [1.29, 1.82) is 5.26 Å². The summed E-state index contributed by atoms with van der Waals surface area (Å²) in [7, 11) is 0. The quantitative estimate of drug-likeness (QED) is 0.781. The van der Waals surface area contributed by atoms with E-state index >= 15 is 0 Å². The summed E-state index contributed by atoms with van der Waals surface area (Å²) in [6, 6.07) is 4.33.